The topological polar surface area (TPSA) is 46.3 Å². The molecule has 0 spiro atoms. The van der Waals surface area contributed by atoms with E-state index in [2.05, 4.69) is 24.3 Å². The summed E-state index contributed by atoms with van der Waals surface area (Å²) >= 11 is 0. The molecular weight excluding hydrogens is 296 g/mol. The van der Waals surface area contributed by atoms with Gasteiger partial charge >= 0.3 is 0 Å². The molecule has 0 saturated heterocycles. The third kappa shape index (κ3) is 3.64. The van der Waals surface area contributed by atoms with Crippen LogP contribution in [0.15, 0.2) is 24.3 Å². The highest BCUT2D eigenvalue weighted by molar-refractivity contribution is 5.85. The number of rotatable bonds is 3. The second-order valence-electron chi connectivity index (χ2n) is 6.78. The maximum Gasteiger partial charge on any atom is 0.223 e. The Bertz CT molecular complexity index is 512. The Balaban J connectivity index is 0.00000176. The van der Waals surface area contributed by atoms with Crippen molar-refractivity contribution in [1.29, 1.82) is 0 Å². The Kier molecular flexibility index (Phi) is 5.87. The summed E-state index contributed by atoms with van der Waals surface area (Å²) in [5.41, 5.74) is 8.80. The molecule has 0 bridgehead atoms. The lowest BCUT2D eigenvalue weighted by Crippen LogP contribution is -2.42. The number of hydrogen-bond acceptors (Lipinski definition) is 2. The highest BCUT2D eigenvalue weighted by Crippen LogP contribution is 2.39. The number of halogens is 1. The fraction of sp³-hybridized carbons (Fsp3) is 0.611. The maximum atomic E-state index is 12.7. The fourth-order valence-corrected chi connectivity index (χ4v) is 3.90. The molecule has 3 nitrogen and oxygen atoms in total. The number of hydrogen-bond donors (Lipinski definition) is 1. The first-order valence-corrected chi connectivity index (χ1v) is 8.27. The van der Waals surface area contributed by atoms with Crippen LogP contribution >= 0.6 is 12.4 Å². The van der Waals surface area contributed by atoms with Gasteiger partial charge in [-0.25, -0.2) is 0 Å². The summed E-state index contributed by atoms with van der Waals surface area (Å²) in [6, 6.07) is 8.48. The first-order valence-electron chi connectivity index (χ1n) is 8.27. The van der Waals surface area contributed by atoms with Crippen molar-refractivity contribution in [2.24, 2.45) is 11.1 Å². The average molecular weight is 323 g/mol. The van der Waals surface area contributed by atoms with Crippen LogP contribution in [0.25, 0.3) is 0 Å². The Morgan fingerprint density at radius 1 is 1.14 bits per heavy atom. The molecular formula is C18H27ClN2O. The molecule has 0 unspecified atom stereocenters. The molecule has 2 N–H and O–H groups in total. The molecule has 1 fully saturated rings. The van der Waals surface area contributed by atoms with Crippen molar-refractivity contribution in [3.63, 3.8) is 0 Å². The van der Waals surface area contributed by atoms with Gasteiger partial charge in [0, 0.05) is 19.5 Å². The van der Waals surface area contributed by atoms with E-state index in [-0.39, 0.29) is 17.8 Å². The van der Waals surface area contributed by atoms with Gasteiger partial charge in [0.05, 0.1) is 0 Å². The first kappa shape index (κ1) is 17.3. The zero-order chi connectivity index (χ0) is 14.7. The fourth-order valence-electron chi connectivity index (χ4n) is 3.90. The number of carbonyl (C=O) groups is 1. The van der Waals surface area contributed by atoms with E-state index in [4.69, 9.17) is 5.73 Å². The van der Waals surface area contributed by atoms with Gasteiger partial charge in [-0.2, -0.15) is 0 Å². The number of nitrogens with zero attached hydrogens (tertiary/aromatic N) is 1. The van der Waals surface area contributed by atoms with Gasteiger partial charge in [-0.05, 0) is 42.3 Å². The van der Waals surface area contributed by atoms with E-state index >= 15 is 0 Å². The molecule has 1 aliphatic carbocycles. The summed E-state index contributed by atoms with van der Waals surface area (Å²) in [5, 5.41) is 0. The minimum Gasteiger partial charge on any atom is -0.338 e. The minimum absolute atomic E-state index is 0. The summed E-state index contributed by atoms with van der Waals surface area (Å²) in [7, 11) is 0. The van der Waals surface area contributed by atoms with E-state index in [1.54, 1.807) is 0 Å². The largest absolute Gasteiger partial charge is 0.338 e. The van der Waals surface area contributed by atoms with Crippen LogP contribution in [0, 0.1) is 5.41 Å². The lowest BCUT2D eigenvalue weighted by Gasteiger charge is -2.38. The Labute approximate surface area is 139 Å². The predicted octanol–water partition coefficient (Wildman–Crippen LogP) is 3.29. The molecule has 0 aromatic heterocycles. The molecule has 1 aromatic carbocycles. The van der Waals surface area contributed by atoms with Crippen molar-refractivity contribution in [3.8, 4) is 0 Å². The summed E-state index contributed by atoms with van der Waals surface area (Å²) in [5.74, 6) is 0.303. The molecule has 1 aliphatic heterocycles. The maximum absolute atomic E-state index is 12.7. The molecule has 22 heavy (non-hydrogen) atoms. The molecule has 1 heterocycles. The quantitative estimate of drug-likeness (QED) is 0.928. The number of amides is 1. The lowest BCUT2D eigenvalue weighted by molar-refractivity contribution is -0.135. The van der Waals surface area contributed by atoms with Crippen LogP contribution in [0.5, 0.6) is 0 Å². The average Bonchev–Trinajstić information content (AvgIpc) is 2.55. The van der Waals surface area contributed by atoms with Gasteiger partial charge in [-0.3, -0.25) is 4.79 Å². The van der Waals surface area contributed by atoms with E-state index in [9.17, 15) is 4.79 Å². The van der Waals surface area contributed by atoms with Crippen molar-refractivity contribution < 1.29 is 4.79 Å². The Morgan fingerprint density at radius 3 is 2.50 bits per heavy atom. The van der Waals surface area contributed by atoms with Crippen molar-refractivity contribution in [1.82, 2.24) is 4.90 Å². The van der Waals surface area contributed by atoms with Crippen LogP contribution in [-0.4, -0.2) is 23.9 Å². The van der Waals surface area contributed by atoms with Crippen molar-refractivity contribution in [3.05, 3.63) is 35.4 Å². The molecule has 1 aromatic rings. The van der Waals surface area contributed by atoms with Crippen LogP contribution in [-0.2, 0) is 17.8 Å². The van der Waals surface area contributed by atoms with E-state index in [1.807, 2.05) is 4.90 Å². The van der Waals surface area contributed by atoms with E-state index in [0.717, 1.165) is 32.4 Å². The second-order valence-corrected chi connectivity index (χ2v) is 6.78. The molecule has 0 radical (unpaired) electrons. The number of carbonyl (C=O) groups excluding carboxylic acids is 1. The summed E-state index contributed by atoms with van der Waals surface area (Å²) in [6.45, 7) is 2.29. The summed E-state index contributed by atoms with van der Waals surface area (Å²) in [6.07, 6.45) is 7.64. The predicted molar refractivity (Wildman–Crippen MR) is 92.0 cm³/mol. The standard InChI is InChI=1S/C18H26N2O.ClH/c19-14-18(9-4-1-5-10-18)12-17(21)20-11-8-15-6-2-3-7-16(15)13-20;/h2-3,6-7H,1,4-5,8-14,19H2;1H. The lowest BCUT2D eigenvalue weighted by atomic mass is 9.71. The molecule has 1 amide bonds. The molecule has 3 rings (SSSR count). The zero-order valence-corrected chi connectivity index (χ0v) is 14.0. The van der Waals surface area contributed by atoms with Crippen LogP contribution < -0.4 is 5.73 Å². The van der Waals surface area contributed by atoms with E-state index in [1.165, 1.54) is 30.4 Å². The number of fused-ring (bicyclic) bond motifs is 1. The van der Waals surface area contributed by atoms with Gasteiger partial charge in [0.25, 0.3) is 0 Å². The Hall–Kier alpha value is -1.06. The molecule has 4 heteroatoms. The third-order valence-electron chi connectivity index (χ3n) is 5.36. The number of benzene rings is 1. The second kappa shape index (κ2) is 7.47. The van der Waals surface area contributed by atoms with E-state index < -0.39 is 0 Å². The molecule has 1 saturated carbocycles. The van der Waals surface area contributed by atoms with Crippen molar-refractivity contribution in [2.45, 2.75) is 51.5 Å². The van der Waals surface area contributed by atoms with Gasteiger partial charge in [0.2, 0.25) is 5.91 Å². The zero-order valence-electron chi connectivity index (χ0n) is 13.2. The first-order chi connectivity index (χ1) is 10.2. The van der Waals surface area contributed by atoms with Gasteiger partial charge in [0.15, 0.2) is 0 Å². The minimum atomic E-state index is 0. The van der Waals surface area contributed by atoms with E-state index in [0.29, 0.717) is 18.9 Å². The SMILES string of the molecule is Cl.NCC1(CC(=O)N2CCc3ccccc3C2)CCCCC1. The normalized spacial score (nSPS) is 20.0. The summed E-state index contributed by atoms with van der Waals surface area (Å²) in [4.78, 5) is 14.7. The monoisotopic (exact) mass is 322 g/mol. The van der Waals surface area contributed by atoms with Crippen LogP contribution in [0.1, 0.15) is 49.7 Å². The molecule has 0 atom stereocenters. The molecule has 2 aliphatic rings. The van der Waals surface area contributed by atoms with Gasteiger partial charge in [-0.1, -0.05) is 43.5 Å². The van der Waals surface area contributed by atoms with Crippen LogP contribution in [0.3, 0.4) is 0 Å². The Morgan fingerprint density at radius 2 is 1.82 bits per heavy atom. The van der Waals surface area contributed by atoms with Crippen molar-refractivity contribution in [2.75, 3.05) is 13.1 Å². The smallest absolute Gasteiger partial charge is 0.223 e. The third-order valence-corrected chi connectivity index (χ3v) is 5.36. The van der Waals surface area contributed by atoms with Gasteiger partial charge < -0.3 is 10.6 Å². The summed E-state index contributed by atoms with van der Waals surface area (Å²) < 4.78 is 0. The van der Waals surface area contributed by atoms with Crippen LogP contribution in [0.4, 0.5) is 0 Å². The highest BCUT2D eigenvalue weighted by atomic mass is 35.5. The number of nitrogens with two attached hydrogens (primary N) is 1. The van der Waals surface area contributed by atoms with Gasteiger partial charge in [-0.15, -0.1) is 12.4 Å². The molecule has 122 valence electrons. The van der Waals surface area contributed by atoms with Crippen LogP contribution in [0.2, 0.25) is 0 Å². The van der Waals surface area contributed by atoms with Gasteiger partial charge in [0.1, 0.15) is 0 Å². The highest BCUT2D eigenvalue weighted by Gasteiger charge is 2.35. The van der Waals surface area contributed by atoms with Crippen molar-refractivity contribution >= 4 is 18.3 Å².